The summed E-state index contributed by atoms with van der Waals surface area (Å²) in [4.78, 5) is 28.5. The Kier molecular flexibility index (Phi) is 4.01. The van der Waals surface area contributed by atoms with Crippen LogP contribution in [0.4, 0.5) is 5.69 Å². The summed E-state index contributed by atoms with van der Waals surface area (Å²) in [6.45, 7) is 0.322. The van der Waals surface area contributed by atoms with Gasteiger partial charge in [-0.05, 0) is 35.8 Å². The van der Waals surface area contributed by atoms with E-state index in [9.17, 15) is 9.59 Å². The number of aromatic nitrogens is 2. The third-order valence-corrected chi connectivity index (χ3v) is 4.45. The van der Waals surface area contributed by atoms with Crippen molar-refractivity contribution in [2.75, 3.05) is 11.9 Å². The largest absolute Gasteiger partial charge is 0.480 e. The van der Waals surface area contributed by atoms with E-state index >= 15 is 0 Å². The molecule has 2 aromatic carbocycles. The van der Waals surface area contributed by atoms with Crippen LogP contribution in [0.2, 0.25) is 0 Å². The zero-order valence-electron chi connectivity index (χ0n) is 14.0. The second-order valence-corrected chi connectivity index (χ2v) is 6.17. The number of benzene rings is 2. The van der Waals surface area contributed by atoms with Crippen LogP contribution in [0.5, 0.6) is 0 Å². The van der Waals surface area contributed by atoms with Gasteiger partial charge in [0.05, 0.1) is 10.9 Å². The maximum atomic E-state index is 13.0. The van der Waals surface area contributed by atoms with Crippen molar-refractivity contribution in [1.29, 1.82) is 0 Å². The molecule has 2 N–H and O–H groups in total. The Labute approximate surface area is 149 Å². The van der Waals surface area contributed by atoms with Crippen molar-refractivity contribution in [2.24, 2.45) is 0 Å². The summed E-state index contributed by atoms with van der Waals surface area (Å²) < 4.78 is 1.67. The Morgan fingerprint density at radius 1 is 1.19 bits per heavy atom. The van der Waals surface area contributed by atoms with Gasteiger partial charge in [-0.3, -0.25) is 14.2 Å². The Balaban J connectivity index is 1.84. The van der Waals surface area contributed by atoms with Crippen molar-refractivity contribution in [3.63, 3.8) is 0 Å². The first-order valence-electron chi connectivity index (χ1n) is 8.39. The highest BCUT2D eigenvalue weighted by Crippen LogP contribution is 2.29. The number of nitrogens with one attached hydrogen (secondary N) is 1. The highest BCUT2D eigenvalue weighted by molar-refractivity contribution is 5.93. The van der Waals surface area contributed by atoms with Crippen LogP contribution < -0.4 is 10.9 Å². The Morgan fingerprint density at radius 3 is 2.77 bits per heavy atom. The Bertz CT molecular complexity index is 1080. The molecule has 0 amide bonds. The van der Waals surface area contributed by atoms with Crippen LogP contribution in [0.25, 0.3) is 22.6 Å². The maximum Gasteiger partial charge on any atom is 0.322 e. The molecular weight excluding hydrogens is 330 g/mol. The summed E-state index contributed by atoms with van der Waals surface area (Å²) in [5.74, 6) is -0.300. The summed E-state index contributed by atoms with van der Waals surface area (Å²) in [5, 5.41) is 12.1. The molecule has 6 heteroatoms. The van der Waals surface area contributed by atoms with Crippen LogP contribution in [0, 0.1) is 0 Å². The van der Waals surface area contributed by atoms with Gasteiger partial charge in [0.1, 0.15) is 12.4 Å². The number of nitrogens with zero attached hydrogens (tertiary/aromatic N) is 2. The molecule has 0 aliphatic carbocycles. The lowest BCUT2D eigenvalue weighted by Crippen LogP contribution is -2.22. The van der Waals surface area contributed by atoms with E-state index in [0.29, 0.717) is 29.0 Å². The first-order chi connectivity index (χ1) is 12.6. The third kappa shape index (κ3) is 2.86. The van der Waals surface area contributed by atoms with E-state index in [0.717, 1.165) is 17.6 Å². The van der Waals surface area contributed by atoms with Crippen LogP contribution in [0.15, 0.2) is 53.3 Å². The Hall–Kier alpha value is -3.41. The molecule has 0 saturated heterocycles. The van der Waals surface area contributed by atoms with Gasteiger partial charge in [0.25, 0.3) is 5.56 Å². The first-order valence-corrected chi connectivity index (χ1v) is 8.39. The minimum absolute atomic E-state index is 0.144. The Morgan fingerprint density at radius 2 is 2.00 bits per heavy atom. The molecule has 26 heavy (non-hydrogen) atoms. The van der Waals surface area contributed by atoms with E-state index in [-0.39, 0.29) is 12.1 Å². The van der Waals surface area contributed by atoms with Gasteiger partial charge in [0, 0.05) is 12.2 Å². The van der Waals surface area contributed by atoms with Crippen LogP contribution in [-0.2, 0) is 11.3 Å². The topological polar surface area (TPSA) is 84.2 Å². The van der Waals surface area contributed by atoms with Crippen LogP contribution in [-0.4, -0.2) is 27.2 Å². The normalized spacial score (nSPS) is 14.5. The van der Waals surface area contributed by atoms with Crippen molar-refractivity contribution in [3.05, 3.63) is 70.3 Å². The molecule has 0 bridgehead atoms. The number of fused-ring (bicyclic) bond motifs is 2. The molecule has 1 aromatic heterocycles. The van der Waals surface area contributed by atoms with Crippen molar-refractivity contribution < 1.29 is 9.90 Å². The summed E-state index contributed by atoms with van der Waals surface area (Å²) in [5.41, 5.74) is 3.02. The predicted octanol–water partition coefficient (Wildman–Crippen LogP) is 2.84. The van der Waals surface area contributed by atoms with E-state index in [1.54, 1.807) is 22.8 Å². The van der Waals surface area contributed by atoms with Crippen molar-refractivity contribution in [2.45, 2.75) is 13.0 Å². The van der Waals surface area contributed by atoms with E-state index in [1.165, 1.54) is 0 Å². The molecular formula is C20H17N3O3. The molecule has 2 heterocycles. The molecule has 130 valence electrons. The highest BCUT2D eigenvalue weighted by atomic mass is 16.4. The number of hydrogen-bond donors (Lipinski definition) is 2. The highest BCUT2D eigenvalue weighted by Gasteiger charge is 2.22. The van der Waals surface area contributed by atoms with Gasteiger partial charge in [-0.25, -0.2) is 4.98 Å². The molecule has 4 rings (SSSR count). The third-order valence-electron chi connectivity index (χ3n) is 4.45. The summed E-state index contributed by atoms with van der Waals surface area (Å²) in [6, 6.07) is 15.2. The van der Waals surface area contributed by atoms with Gasteiger partial charge >= 0.3 is 5.97 Å². The number of anilines is 1. The second kappa shape index (κ2) is 6.48. The summed E-state index contributed by atoms with van der Waals surface area (Å²) >= 11 is 0. The molecule has 1 aliphatic rings. The number of allylic oxidation sites excluding steroid dienone is 1. The molecule has 0 atom stereocenters. The minimum Gasteiger partial charge on any atom is -0.480 e. The molecule has 0 saturated carbocycles. The maximum absolute atomic E-state index is 13.0. The smallest absolute Gasteiger partial charge is 0.322 e. The van der Waals surface area contributed by atoms with Gasteiger partial charge in [-0.15, -0.1) is 0 Å². The molecule has 0 spiro atoms. The van der Waals surface area contributed by atoms with E-state index in [1.807, 2.05) is 30.3 Å². The van der Waals surface area contributed by atoms with Gasteiger partial charge in [-0.2, -0.15) is 0 Å². The lowest BCUT2D eigenvalue weighted by Gasteiger charge is -2.10. The molecule has 6 nitrogen and oxygen atoms in total. The average Bonchev–Trinajstić information content (AvgIpc) is 3.04. The molecule has 0 unspecified atom stereocenters. The van der Waals surface area contributed by atoms with Crippen LogP contribution in [0.3, 0.4) is 0 Å². The monoisotopic (exact) mass is 347 g/mol. The van der Waals surface area contributed by atoms with E-state index in [2.05, 4.69) is 16.4 Å². The second-order valence-electron chi connectivity index (χ2n) is 6.17. The van der Waals surface area contributed by atoms with Gasteiger partial charge in [0.2, 0.25) is 0 Å². The van der Waals surface area contributed by atoms with Crippen LogP contribution in [0.1, 0.15) is 17.8 Å². The number of carboxylic acids is 1. The lowest BCUT2D eigenvalue weighted by molar-refractivity contribution is -0.134. The van der Waals surface area contributed by atoms with E-state index in [4.69, 9.17) is 5.11 Å². The zero-order chi connectivity index (χ0) is 18.1. The number of rotatable bonds is 4. The molecule has 3 aromatic rings. The van der Waals surface area contributed by atoms with Crippen LogP contribution >= 0.6 is 0 Å². The number of aliphatic carboxylic acids is 1. The van der Waals surface area contributed by atoms with Crippen molar-refractivity contribution in [3.8, 4) is 0 Å². The van der Waals surface area contributed by atoms with Crippen molar-refractivity contribution in [1.82, 2.24) is 9.55 Å². The fourth-order valence-corrected chi connectivity index (χ4v) is 3.27. The number of carbonyl (C=O) groups is 1. The quantitative estimate of drug-likeness (QED) is 0.758. The molecule has 1 aliphatic heterocycles. The van der Waals surface area contributed by atoms with Gasteiger partial charge in [0.15, 0.2) is 0 Å². The van der Waals surface area contributed by atoms with Gasteiger partial charge < -0.3 is 10.4 Å². The molecule has 0 fully saturated rings. The van der Waals surface area contributed by atoms with Gasteiger partial charge in [-0.1, -0.05) is 36.4 Å². The van der Waals surface area contributed by atoms with Crippen molar-refractivity contribution >= 4 is 34.2 Å². The SMILES string of the molecule is O=C(O)CNc1cccc2nc3n(c(=O)c12)CCC3=Cc1ccccc1. The summed E-state index contributed by atoms with van der Waals surface area (Å²) in [7, 11) is 0. The number of carboxylic acid groups (broad SMARTS) is 1. The fourth-order valence-electron chi connectivity index (χ4n) is 3.27. The molecule has 0 radical (unpaired) electrons. The minimum atomic E-state index is -0.982. The zero-order valence-corrected chi connectivity index (χ0v) is 14.0. The number of hydrogen-bond acceptors (Lipinski definition) is 4. The first kappa shape index (κ1) is 16.1. The lowest BCUT2D eigenvalue weighted by atomic mass is 10.1. The standard InChI is InChI=1S/C20H17N3O3/c24-17(25)12-21-15-7-4-8-16-18(15)20(26)23-10-9-14(19(23)22-16)11-13-5-2-1-3-6-13/h1-8,11,21H,9-10,12H2,(H,24,25). The fraction of sp³-hybridized carbons (Fsp3) is 0.150. The summed E-state index contributed by atoms with van der Waals surface area (Å²) in [6.07, 6.45) is 2.80. The predicted molar refractivity (Wildman–Crippen MR) is 101 cm³/mol. The average molecular weight is 347 g/mol. The van der Waals surface area contributed by atoms with E-state index < -0.39 is 5.97 Å².